The Balaban J connectivity index is 0.00000480. The van der Waals surface area contributed by atoms with Crippen molar-refractivity contribution in [2.24, 2.45) is 4.99 Å². The lowest BCUT2D eigenvalue weighted by atomic mass is 10.1. The molecule has 0 aliphatic carbocycles. The van der Waals surface area contributed by atoms with E-state index in [4.69, 9.17) is 4.74 Å². The van der Waals surface area contributed by atoms with Gasteiger partial charge in [0.1, 0.15) is 5.75 Å². The summed E-state index contributed by atoms with van der Waals surface area (Å²) in [6.45, 7) is 10.6. The van der Waals surface area contributed by atoms with Crippen molar-refractivity contribution in [3.8, 4) is 5.75 Å². The molecule has 0 radical (unpaired) electrons. The zero-order valence-electron chi connectivity index (χ0n) is 18.9. The van der Waals surface area contributed by atoms with Crippen molar-refractivity contribution >= 4 is 35.8 Å². The fourth-order valence-corrected chi connectivity index (χ4v) is 2.81. The number of nitrogens with zero attached hydrogens (tertiary/aromatic N) is 1. The van der Waals surface area contributed by atoms with Gasteiger partial charge in [-0.15, -0.1) is 24.0 Å². The van der Waals surface area contributed by atoms with Crippen molar-refractivity contribution in [1.82, 2.24) is 16.0 Å². The molecular weight excluding hydrogens is 503 g/mol. The topological polar surface area (TPSA) is 74.8 Å². The third kappa shape index (κ3) is 9.16. The van der Waals surface area contributed by atoms with Crippen LogP contribution in [0, 0.1) is 0 Å². The van der Waals surface area contributed by atoms with E-state index >= 15 is 0 Å². The van der Waals surface area contributed by atoms with Crippen LogP contribution in [0.15, 0.2) is 53.5 Å². The van der Waals surface area contributed by atoms with Crippen LogP contribution in [0.2, 0.25) is 0 Å². The Labute approximate surface area is 203 Å². The summed E-state index contributed by atoms with van der Waals surface area (Å²) in [5.74, 6) is 1.58. The predicted molar refractivity (Wildman–Crippen MR) is 138 cm³/mol. The Hall–Kier alpha value is -2.29. The number of benzene rings is 2. The maximum absolute atomic E-state index is 12.2. The van der Waals surface area contributed by atoms with E-state index in [-0.39, 0.29) is 35.9 Å². The summed E-state index contributed by atoms with van der Waals surface area (Å²) < 4.78 is 5.69. The smallest absolute Gasteiger partial charge is 0.251 e. The number of carbonyl (C=O) groups excluding carboxylic acids is 1. The normalized spacial score (nSPS) is 11.8. The molecule has 2 aromatic rings. The van der Waals surface area contributed by atoms with Gasteiger partial charge in [-0.2, -0.15) is 0 Å². The molecule has 3 N–H and O–H groups in total. The molecule has 0 saturated heterocycles. The molecule has 7 heteroatoms. The molecule has 1 atom stereocenters. The molecule has 2 rings (SSSR count). The summed E-state index contributed by atoms with van der Waals surface area (Å²) in [4.78, 5) is 16.9. The molecule has 0 bridgehead atoms. The lowest BCUT2D eigenvalue weighted by Crippen LogP contribution is -2.36. The van der Waals surface area contributed by atoms with Gasteiger partial charge >= 0.3 is 0 Å². The second-order valence-corrected chi connectivity index (χ2v) is 7.07. The molecule has 0 heterocycles. The number of para-hydroxylation sites is 1. The third-order valence-corrected chi connectivity index (χ3v) is 4.69. The number of rotatable bonds is 10. The second-order valence-electron chi connectivity index (χ2n) is 7.07. The van der Waals surface area contributed by atoms with Crippen molar-refractivity contribution in [3.63, 3.8) is 0 Å². The monoisotopic (exact) mass is 538 g/mol. The molecule has 170 valence electrons. The molecule has 0 fully saturated rings. The highest BCUT2D eigenvalue weighted by molar-refractivity contribution is 14.0. The SMILES string of the molecule is CCNC(=NCc1ccc(C(=O)NC(C)CC)cc1)NCc1ccccc1OCC.I. The maximum atomic E-state index is 12.2. The van der Waals surface area contributed by atoms with E-state index in [2.05, 4.69) is 27.9 Å². The van der Waals surface area contributed by atoms with E-state index in [1.165, 1.54) is 0 Å². The van der Waals surface area contributed by atoms with Crippen LogP contribution in [0.5, 0.6) is 5.75 Å². The molecule has 6 nitrogen and oxygen atoms in total. The van der Waals surface area contributed by atoms with Gasteiger partial charge in [0.05, 0.1) is 13.2 Å². The number of amides is 1. The predicted octanol–water partition coefficient (Wildman–Crippen LogP) is 4.49. The minimum atomic E-state index is -0.0395. The van der Waals surface area contributed by atoms with Gasteiger partial charge in [-0.3, -0.25) is 4.79 Å². The highest BCUT2D eigenvalue weighted by atomic mass is 127. The summed E-state index contributed by atoms with van der Waals surface area (Å²) in [7, 11) is 0. The lowest BCUT2D eigenvalue weighted by Gasteiger charge is -2.14. The first-order valence-corrected chi connectivity index (χ1v) is 10.7. The van der Waals surface area contributed by atoms with E-state index < -0.39 is 0 Å². The van der Waals surface area contributed by atoms with Crippen LogP contribution in [0.3, 0.4) is 0 Å². The van der Waals surface area contributed by atoms with Crippen molar-refractivity contribution < 1.29 is 9.53 Å². The molecule has 0 spiro atoms. The minimum Gasteiger partial charge on any atom is -0.494 e. The molecule has 2 aromatic carbocycles. The average molecular weight is 538 g/mol. The molecule has 0 aliphatic rings. The molecule has 0 aliphatic heterocycles. The van der Waals surface area contributed by atoms with Crippen LogP contribution in [0.4, 0.5) is 0 Å². The number of aliphatic imine (C=N–C) groups is 1. The van der Waals surface area contributed by atoms with E-state index in [0.29, 0.717) is 25.3 Å². The van der Waals surface area contributed by atoms with Crippen LogP contribution in [-0.4, -0.2) is 31.1 Å². The van der Waals surface area contributed by atoms with Crippen LogP contribution in [-0.2, 0) is 13.1 Å². The third-order valence-electron chi connectivity index (χ3n) is 4.69. The van der Waals surface area contributed by atoms with Gasteiger partial charge in [-0.25, -0.2) is 4.99 Å². The fourth-order valence-electron chi connectivity index (χ4n) is 2.81. The summed E-state index contributed by atoms with van der Waals surface area (Å²) in [6, 6.07) is 15.8. The molecular formula is C24H35IN4O2. The van der Waals surface area contributed by atoms with Gasteiger partial charge < -0.3 is 20.7 Å². The Morgan fingerprint density at radius 1 is 1.03 bits per heavy atom. The Morgan fingerprint density at radius 3 is 2.39 bits per heavy atom. The van der Waals surface area contributed by atoms with Crippen LogP contribution < -0.4 is 20.7 Å². The summed E-state index contributed by atoms with van der Waals surface area (Å²) >= 11 is 0. The summed E-state index contributed by atoms with van der Waals surface area (Å²) in [6.07, 6.45) is 0.911. The summed E-state index contributed by atoms with van der Waals surface area (Å²) in [5.41, 5.74) is 2.80. The largest absolute Gasteiger partial charge is 0.494 e. The highest BCUT2D eigenvalue weighted by Gasteiger charge is 2.08. The first-order valence-electron chi connectivity index (χ1n) is 10.7. The number of carbonyl (C=O) groups is 1. The Bertz CT molecular complexity index is 825. The number of hydrogen-bond donors (Lipinski definition) is 3. The van der Waals surface area contributed by atoms with Crippen molar-refractivity contribution in [1.29, 1.82) is 0 Å². The molecule has 1 amide bonds. The van der Waals surface area contributed by atoms with Crippen LogP contribution >= 0.6 is 24.0 Å². The van der Waals surface area contributed by atoms with E-state index in [1.807, 2.05) is 69.3 Å². The Morgan fingerprint density at radius 2 is 1.74 bits per heavy atom. The van der Waals surface area contributed by atoms with Crippen molar-refractivity contribution in [2.75, 3.05) is 13.2 Å². The van der Waals surface area contributed by atoms with Gasteiger partial charge in [-0.1, -0.05) is 37.3 Å². The van der Waals surface area contributed by atoms with Gasteiger partial charge in [0.25, 0.3) is 5.91 Å². The number of guanidine groups is 1. The van der Waals surface area contributed by atoms with E-state index in [1.54, 1.807) is 0 Å². The maximum Gasteiger partial charge on any atom is 0.251 e. The standard InChI is InChI=1S/C24H34N4O2.HI/c1-5-18(4)28-23(29)20-14-12-19(13-15-20)16-26-24(25-6-2)27-17-21-10-8-9-11-22(21)30-7-3;/h8-15,18H,5-7,16-17H2,1-4H3,(H,28,29)(H2,25,26,27);1H. The molecule has 0 aromatic heterocycles. The van der Waals surface area contributed by atoms with Gasteiger partial charge in [0.15, 0.2) is 5.96 Å². The number of hydrogen-bond acceptors (Lipinski definition) is 3. The number of ether oxygens (including phenoxy) is 1. The zero-order chi connectivity index (χ0) is 21.8. The fraction of sp³-hybridized carbons (Fsp3) is 0.417. The molecule has 0 saturated carbocycles. The van der Waals surface area contributed by atoms with Crippen molar-refractivity contribution in [2.45, 2.75) is 53.2 Å². The van der Waals surface area contributed by atoms with E-state index in [9.17, 15) is 4.79 Å². The summed E-state index contributed by atoms with van der Waals surface area (Å²) in [5, 5.41) is 9.61. The van der Waals surface area contributed by atoms with Crippen molar-refractivity contribution in [3.05, 3.63) is 65.2 Å². The van der Waals surface area contributed by atoms with Gasteiger partial charge in [0.2, 0.25) is 0 Å². The van der Waals surface area contributed by atoms with Gasteiger partial charge in [0, 0.05) is 30.3 Å². The highest BCUT2D eigenvalue weighted by Crippen LogP contribution is 2.17. The van der Waals surface area contributed by atoms with Crippen LogP contribution in [0.1, 0.15) is 55.6 Å². The average Bonchev–Trinajstić information content (AvgIpc) is 2.77. The zero-order valence-corrected chi connectivity index (χ0v) is 21.2. The van der Waals surface area contributed by atoms with Crippen LogP contribution in [0.25, 0.3) is 0 Å². The molecule has 31 heavy (non-hydrogen) atoms. The minimum absolute atomic E-state index is 0. The first kappa shape index (κ1) is 26.7. The number of nitrogens with one attached hydrogen (secondary N) is 3. The quantitative estimate of drug-likeness (QED) is 0.237. The van der Waals surface area contributed by atoms with E-state index in [0.717, 1.165) is 35.8 Å². The lowest BCUT2D eigenvalue weighted by molar-refractivity contribution is 0.0939. The number of halogens is 1. The second kappa shape index (κ2) is 14.7. The molecule has 1 unspecified atom stereocenters. The Kier molecular flexibility index (Phi) is 12.7. The first-order chi connectivity index (χ1) is 14.6. The van der Waals surface area contributed by atoms with Gasteiger partial charge in [-0.05, 0) is 51.0 Å².